The van der Waals surface area contributed by atoms with Gasteiger partial charge in [0.05, 0.1) is 17.8 Å². The van der Waals surface area contributed by atoms with Crippen molar-refractivity contribution in [1.82, 2.24) is 14.0 Å². The predicted octanol–water partition coefficient (Wildman–Crippen LogP) is 1.24. The summed E-state index contributed by atoms with van der Waals surface area (Å²) in [6, 6.07) is 2.25. The summed E-state index contributed by atoms with van der Waals surface area (Å²) >= 11 is 5.68. The lowest BCUT2D eigenvalue weighted by Crippen LogP contribution is -2.24. The second kappa shape index (κ2) is 6.23. The molecular formula is C14H14ClN5O2. The summed E-state index contributed by atoms with van der Waals surface area (Å²) in [6.45, 7) is 0.267. The third kappa shape index (κ3) is 3.14. The molecule has 7 nitrogen and oxygen atoms in total. The molecule has 1 aliphatic carbocycles. The molecule has 1 aliphatic heterocycles. The highest BCUT2D eigenvalue weighted by Crippen LogP contribution is 2.33. The molecule has 1 fully saturated rings. The Labute approximate surface area is 131 Å². The van der Waals surface area contributed by atoms with E-state index in [1.807, 2.05) is 12.3 Å². The van der Waals surface area contributed by atoms with Gasteiger partial charge in [-0.1, -0.05) is 0 Å². The Kier molecular flexibility index (Phi) is 4.15. The number of carbonyl (C=O) groups is 1. The maximum Gasteiger partial charge on any atom is 0.334 e. The van der Waals surface area contributed by atoms with E-state index >= 15 is 0 Å². The summed E-state index contributed by atoms with van der Waals surface area (Å²) in [6.07, 6.45) is 8.38. The van der Waals surface area contributed by atoms with Crippen molar-refractivity contribution in [2.75, 3.05) is 6.54 Å². The molecule has 0 radical (unpaired) electrons. The van der Waals surface area contributed by atoms with Crippen LogP contribution in [0, 0.1) is 0 Å². The smallest absolute Gasteiger partial charge is 0.297 e. The molecule has 2 aliphatic rings. The Morgan fingerprint density at radius 3 is 2.68 bits per heavy atom. The lowest BCUT2D eigenvalue weighted by molar-refractivity contribution is -0.111. The standard InChI is InChI=1S/C10H10ClN3O.C4H4N2O/c11-5-7-6-14-9(12-7)3-4-13(10(14)15)8-1-2-8;7-4-1-5-3-6-2-4/h3-4,6,8H,1-2,5H2;1,3H,2H2. The molecule has 0 bridgehead atoms. The van der Waals surface area contributed by atoms with E-state index in [1.165, 1.54) is 12.6 Å². The number of alkyl halides is 1. The Hall–Kier alpha value is -2.28. The van der Waals surface area contributed by atoms with Crippen LogP contribution in [0.4, 0.5) is 0 Å². The SMILES string of the molecule is O=C1C=NC=NC1.O=c1n(C2CC2)ccc2nc(CCl)cn12. The van der Waals surface area contributed by atoms with Crippen LogP contribution in [-0.2, 0) is 10.7 Å². The Bertz CT molecular complexity index is 816. The van der Waals surface area contributed by atoms with E-state index in [0.717, 1.165) is 18.5 Å². The lowest BCUT2D eigenvalue weighted by Gasteiger charge is -2.02. The van der Waals surface area contributed by atoms with Crippen LogP contribution in [0.1, 0.15) is 24.6 Å². The number of halogens is 1. The van der Waals surface area contributed by atoms with Gasteiger partial charge in [-0.05, 0) is 18.9 Å². The zero-order chi connectivity index (χ0) is 15.5. The number of hydrogen-bond acceptors (Lipinski definition) is 5. The van der Waals surface area contributed by atoms with Gasteiger partial charge in [-0.25, -0.2) is 14.8 Å². The number of aliphatic imine (C=N–C) groups is 2. The highest BCUT2D eigenvalue weighted by atomic mass is 35.5. The largest absolute Gasteiger partial charge is 0.334 e. The number of aromatic nitrogens is 3. The molecule has 22 heavy (non-hydrogen) atoms. The summed E-state index contributed by atoms with van der Waals surface area (Å²) in [5, 5.41) is 0. The molecule has 8 heteroatoms. The van der Waals surface area contributed by atoms with Crippen molar-refractivity contribution in [3.63, 3.8) is 0 Å². The minimum absolute atomic E-state index is 0.0149. The van der Waals surface area contributed by atoms with Crippen LogP contribution in [0.5, 0.6) is 0 Å². The number of rotatable bonds is 2. The number of fused-ring (bicyclic) bond motifs is 1. The summed E-state index contributed by atoms with van der Waals surface area (Å²) in [5.74, 6) is 0.312. The molecule has 0 amide bonds. The van der Waals surface area contributed by atoms with Gasteiger partial charge in [0.1, 0.15) is 18.5 Å². The van der Waals surface area contributed by atoms with Crippen molar-refractivity contribution >= 4 is 35.6 Å². The third-order valence-corrected chi connectivity index (χ3v) is 3.56. The summed E-state index contributed by atoms with van der Waals surface area (Å²) < 4.78 is 3.34. The lowest BCUT2D eigenvalue weighted by atomic mass is 10.4. The first kappa shape index (κ1) is 14.6. The van der Waals surface area contributed by atoms with Crippen LogP contribution < -0.4 is 5.69 Å². The summed E-state index contributed by atoms with van der Waals surface area (Å²) in [5.41, 5.74) is 1.40. The average Bonchev–Trinajstić information content (AvgIpc) is 3.27. The van der Waals surface area contributed by atoms with Crippen LogP contribution in [-0.4, -0.2) is 38.8 Å². The minimum Gasteiger partial charge on any atom is -0.297 e. The summed E-state index contributed by atoms with van der Waals surface area (Å²) in [4.78, 5) is 33.5. The van der Waals surface area contributed by atoms with Crippen molar-refractivity contribution < 1.29 is 4.79 Å². The van der Waals surface area contributed by atoms with E-state index in [9.17, 15) is 9.59 Å². The minimum atomic E-state index is -0.0255. The van der Waals surface area contributed by atoms with E-state index in [1.54, 1.807) is 15.2 Å². The molecule has 0 unspecified atom stereocenters. The van der Waals surface area contributed by atoms with Gasteiger partial charge in [-0.2, -0.15) is 0 Å². The first-order valence-electron chi connectivity index (χ1n) is 6.88. The quantitative estimate of drug-likeness (QED) is 0.781. The van der Waals surface area contributed by atoms with Crippen LogP contribution in [0.15, 0.2) is 33.2 Å². The topological polar surface area (TPSA) is 81.1 Å². The molecule has 4 rings (SSSR count). The van der Waals surface area contributed by atoms with Gasteiger partial charge >= 0.3 is 5.69 Å². The molecule has 114 valence electrons. The van der Waals surface area contributed by atoms with Crippen molar-refractivity contribution in [3.05, 3.63) is 34.6 Å². The van der Waals surface area contributed by atoms with Gasteiger partial charge in [0.2, 0.25) is 0 Å². The van der Waals surface area contributed by atoms with Gasteiger partial charge in [0, 0.05) is 18.4 Å². The molecule has 0 atom stereocenters. The van der Waals surface area contributed by atoms with Gasteiger partial charge in [0.15, 0.2) is 5.78 Å². The highest BCUT2D eigenvalue weighted by molar-refractivity contribution is 6.30. The molecular weight excluding hydrogens is 306 g/mol. The van der Waals surface area contributed by atoms with Crippen LogP contribution in [0.2, 0.25) is 0 Å². The second-order valence-electron chi connectivity index (χ2n) is 5.03. The predicted molar refractivity (Wildman–Crippen MR) is 84.1 cm³/mol. The zero-order valence-electron chi connectivity index (χ0n) is 11.7. The maximum atomic E-state index is 12.0. The highest BCUT2D eigenvalue weighted by Gasteiger charge is 2.25. The normalized spacial score (nSPS) is 16.7. The number of ketones is 1. The fraction of sp³-hybridized carbons (Fsp3) is 0.357. The number of carbonyl (C=O) groups excluding carboxylic acids is 1. The van der Waals surface area contributed by atoms with Crippen molar-refractivity contribution in [1.29, 1.82) is 0 Å². The molecule has 2 aromatic rings. The molecule has 3 heterocycles. The van der Waals surface area contributed by atoms with E-state index < -0.39 is 0 Å². The Balaban J connectivity index is 0.000000174. The zero-order valence-corrected chi connectivity index (χ0v) is 12.5. The number of hydrogen-bond donors (Lipinski definition) is 0. The van der Waals surface area contributed by atoms with E-state index in [2.05, 4.69) is 15.0 Å². The monoisotopic (exact) mass is 319 g/mol. The van der Waals surface area contributed by atoms with Crippen molar-refractivity contribution in [2.45, 2.75) is 24.8 Å². The van der Waals surface area contributed by atoms with E-state index in [4.69, 9.17) is 11.6 Å². The average molecular weight is 320 g/mol. The summed E-state index contributed by atoms with van der Waals surface area (Å²) in [7, 11) is 0. The molecule has 0 spiro atoms. The van der Waals surface area contributed by atoms with E-state index in [0.29, 0.717) is 17.6 Å². The van der Waals surface area contributed by atoms with Gasteiger partial charge in [0.25, 0.3) is 0 Å². The second-order valence-corrected chi connectivity index (χ2v) is 5.30. The first-order valence-corrected chi connectivity index (χ1v) is 7.42. The molecule has 2 aromatic heterocycles. The third-order valence-electron chi connectivity index (χ3n) is 3.29. The molecule has 0 N–H and O–H groups in total. The van der Waals surface area contributed by atoms with Crippen molar-refractivity contribution in [2.24, 2.45) is 9.98 Å². The van der Waals surface area contributed by atoms with E-state index in [-0.39, 0.29) is 18.0 Å². The molecule has 0 aromatic carbocycles. The van der Waals surface area contributed by atoms with Crippen LogP contribution in [0.25, 0.3) is 5.65 Å². The first-order chi connectivity index (χ1) is 10.7. The molecule has 0 saturated heterocycles. The number of nitrogens with zero attached hydrogens (tertiary/aromatic N) is 5. The van der Waals surface area contributed by atoms with Gasteiger partial charge in [-0.15, -0.1) is 11.6 Å². The maximum absolute atomic E-state index is 12.0. The number of imidazole rings is 1. The number of Topliss-reactive ketones (excluding diaryl/α,β-unsaturated/α-hetero) is 1. The van der Waals surface area contributed by atoms with Crippen LogP contribution in [0.3, 0.4) is 0 Å². The van der Waals surface area contributed by atoms with Crippen LogP contribution >= 0.6 is 11.6 Å². The van der Waals surface area contributed by atoms with Gasteiger partial charge < -0.3 is 0 Å². The fourth-order valence-corrected chi connectivity index (χ4v) is 2.21. The molecule has 1 saturated carbocycles. The fourth-order valence-electron chi connectivity index (χ4n) is 2.08. The van der Waals surface area contributed by atoms with Crippen molar-refractivity contribution in [3.8, 4) is 0 Å². The Morgan fingerprint density at radius 1 is 1.32 bits per heavy atom. The Morgan fingerprint density at radius 2 is 2.14 bits per heavy atom. The van der Waals surface area contributed by atoms with Gasteiger partial charge in [-0.3, -0.25) is 18.8 Å².